The van der Waals surface area contributed by atoms with E-state index in [0.29, 0.717) is 0 Å². The highest BCUT2D eigenvalue weighted by Gasteiger charge is 2.04. The van der Waals surface area contributed by atoms with E-state index in [9.17, 15) is 4.79 Å². The highest BCUT2D eigenvalue weighted by atomic mass is 32.2. The Morgan fingerprint density at radius 1 is 1.62 bits per heavy atom. The highest BCUT2D eigenvalue weighted by molar-refractivity contribution is 7.98. The van der Waals surface area contributed by atoms with Crippen molar-refractivity contribution >= 4 is 17.7 Å². The topological polar surface area (TPSA) is 52.1 Å². The quantitative estimate of drug-likeness (QED) is 0.562. The number of rotatable bonds is 6. The Balaban J connectivity index is 2.10. The van der Waals surface area contributed by atoms with Gasteiger partial charge in [-0.15, -0.1) is 0 Å². The van der Waals surface area contributed by atoms with Crippen LogP contribution in [0.1, 0.15) is 26.0 Å². The molecule has 0 fully saturated rings. The molecular formula is C11H16N2O2S. The second kappa shape index (κ2) is 7.22. The maximum Gasteiger partial charge on any atom is 0.302 e. The maximum atomic E-state index is 10.7. The van der Waals surface area contributed by atoms with E-state index in [1.807, 2.05) is 13.0 Å². The lowest BCUT2D eigenvalue weighted by atomic mass is 10.3. The van der Waals surface area contributed by atoms with E-state index < -0.39 is 0 Å². The minimum Gasteiger partial charge on any atom is -0.463 e. The average Bonchev–Trinajstić information content (AvgIpc) is 2.25. The van der Waals surface area contributed by atoms with Crippen molar-refractivity contribution in [3.63, 3.8) is 0 Å². The first kappa shape index (κ1) is 13.0. The normalized spacial score (nSPS) is 12.1. The van der Waals surface area contributed by atoms with Gasteiger partial charge in [0.25, 0.3) is 0 Å². The van der Waals surface area contributed by atoms with Crippen LogP contribution in [0.5, 0.6) is 0 Å². The van der Waals surface area contributed by atoms with Gasteiger partial charge in [-0.05, 0) is 25.2 Å². The Morgan fingerprint density at radius 3 is 3.06 bits per heavy atom. The van der Waals surface area contributed by atoms with Crippen LogP contribution in [0, 0.1) is 0 Å². The van der Waals surface area contributed by atoms with Gasteiger partial charge in [0.05, 0.1) is 11.8 Å². The van der Waals surface area contributed by atoms with Crippen LogP contribution in [0.3, 0.4) is 0 Å². The summed E-state index contributed by atoms with van der Waals surface area (Å²) in [5.41, 5.74) is 1.03. The minimum atomic E-state index is -0.215. The summed E-state index contributed by atoms with van der Waals surface area (Å²) in [4.78, 5) is 18.6. The third-order valence-corrected chi connectivity index (χ3v) is 2.95. The van der Waals surface area contributed by atoms with Gasteiger partial charge in [0.15, 0.2) is 0 Å². The van der Waals surface area contributed by atoms with E-state index in [1.54, 1.807) is 24.3 Å². The smallest absolute Gasteiger partial charge is 0.302 e. The summed E-state index contributed by atoms with van der Waals surface area (Å²) in [6.45, 7) is 3.34. The van der Waals surface area contributed by atoms with Crippen LogP contribution in [0.25, 0.3) is 0 Å². The zero-order valence-electron chi connectivity index (χ0n) is 9.55. The molecule has 0 saturated carbocycles. The second-order valence-corrected chi connectivity index (χ2v) is 4.57. The Morgan fingerprint density at radius 2 is 2.44 bits per heavy atom. The molecule has 4 nitrogen and oxygen atoms in total. The molecule has 0 N–H and O–H groups in total. The molecule has 88 valence electrons. The summed E-state index contributed by atoms with van der Waals surface area (Å²) >= 11 is 1.78. The Bertz CT molecular complexity index is 319. The van der Waals surface area contributed by atoms with Crippen LogP contribution in [0.15, 0.2) is 18.6 Å². The van der Waals surface area contributed by atoms with Crippen LogP contribution in [-0.2, 0) is 15.3 Å². The molecule has 5 heteroatoms. The summed E-state index contributed by atoms with van der Waals surface area (Å²) in [5, 5.41) is 0. The largest absolute Gasteiger partial charge is 0.463 e. The van der Waals surface area contributed by atoms with Gasteiger partial charge in [-0.1, -0.05) is 0 Å². The first-order valence-corrected chi connectivity index (χ1v) is 6.34. The molecule has 0 saturated heterocycles. The first-order chi connectivity index (χ1) is 7.68. The third-order valence-electron chi connectivity index (χ3n) is 1.93. The van der Waals surface area contributed by atoms with E-state index in [0.717, 1.165) is 23.6 Å². The molecule has 16 heavy (non-hydrogen) atoms. The lowest BCUT2D eigenvalue weighted by Gasteiger charge is -2.10. The number of hydrogen-bond donors (Lipinski definition) is 0. The van der Waals surface area contributed by atoms with Crippen molar-refractivity contribution in [2.24, 2.45) is 0 Å². The second-order valence-electron chi connectivity index (χ2n) is 3.46. The van der Waals surface area contributed by atoms with Gasteiger partial charge < -0.3 is 4.74 Å². The van der Waals surface area contributed by atoms with Crippen LogP contribution in [0.2, 0.25) is 0 Å². The summed E-state index contributed by atoms with van der Waals surface area (Å²) in [7, 11) is 0. The van der Waals surface area contributed by atoms with Crippen molar-refractivity contribution in [3.8, 4) is 0 Å². The van der Waals surface area contributed by atoms with Gasteiger partial charge in [-0.2, -0.15) is 11.8 Å². The highest BCUT2D eigenvalue weighted by Crippen LogP contribution is 2.12. The third kappa shape index (κ3) is 5.70. The predicted molar refractivity (Wildman–Crippen MR) is 64.0 cm³/mol. The number of ether oxygens (including phenoxy) is 1. The fourth-order valence-electron chi connectivity index (χ4n) is 1.17. The van der Waals surface area contributed by atoms with Crippen molar-refractivity contribution in [2.75, 3.05) is 5.75 Å². The van der Waals surface area contributed by atoms with Crippen molar-refractivity contribution in [2.45, 2.75) is 32.1 Å². The molecular weight excluding hydrogens is 224 g/mol. The van der Waals surface area contributed by atoms with Gasteiger partial charge in [0.2, 0.25) is 0 Å². The summed E-state index contributed by atoms with van der Waals surface area (Å²) in [5.74, 6) is 1.61. The molecule has 0 bridgehead atoms. The molecule has 1 unspecified atom stereocenters. The molecule has 1 atom stereocenters. The molecule has 0 aliphatic rings. The SMILES string of the molecule is CC(=O)OC(C)CCSCc1ccncn1. The monoisotopic (exact) mass is 240 g/mol. The number of carbonyl (C=O) groups is 1. The van der Waals surface area contributed by atoms with Crippen LogP contribution < -0.4 is 0 Å². The van der Waals surface area contributed by atoms with E-state index in [1.165, 1.54) is 6.92 Å². The van der Waals surface area contributed by atoms with E-state index in [-0.39, 0.29) is 12.1 Å². The fourth-order valence-corrected chi connectivity index (χ4v) is 2.19. The van der Waals surface area contributed by atoms with Crippen molar-refractivity contribution in [1.29, 1.82) is 0 Å². The van der Waals surface area contributed by atoms with Gasteiger partial charge in [0, 0.05) is 18.9 Å². The summed E-state index contributed by atoms with van der Waals surface area (Å²) in [6, 6.07) is 1.91. The molecule has 0 radical (unpaired) electrons. The lowest BCUT2D eigenvalue weighted by molar-refractivity contribution is -0.145. The lowest BCUT2D eigenvalue weighted by Crippen LogP contribution is -2.12. The molecule has 0 spiro atoms. The molecule has 0 amide bonds. The maximum absolute atomic E-state index is 10.7. The van der Waals surface area contributed by atoms with Crippen molar-refractivity contribution < 1.29 is 9.53 Å². The van der Waals surface area contributed by atoms with Crippen LogP contribution in [-0.4, -0.2) is 27.8 Å². The zero-order chi connectivity index (χ0) is 11.8. The number of nitrogens with zero attached hydrogens (tertiary/aromatic N) is 2. The molecule has 0 aromatic carbocycles. The molecule has 1 aromatic heterocycles. The van der Waals surface area contributed by atoms with E-state index >= 15 is 0 Å². The van der Waals surface area contributed by atoms with Crippen LogP contribution in [0.4, 0.5) is 0 Å². The minimum absolute atomic E-state index is 0.00426. The number of hydrogen-bond acceptors (Lipinski definition) is 5. The summed E-state index contributed by atoms with van der Waals surface area (Å²) in [6.07, 6.45) is 4.16. The first-order valence-electron chi connectivity index (χ1n) is 5.18. The Labute approximate surface area is 99.8 Å². The average molecular weight is 240 g/mol. The van der Waals surface area contributed by atoms with E-state index in [4.69, 9.17) is 4.74 Å². The van der Waals surface area contributed by atoms with E-state index in [2.05, 4.69) is 9.97 Å². The standard InChI is InChI=1S/C11H16N2O2S/c1-9(15-10(2)14)4-6-16-7-11-3-5-12-8-13-11/h3,5,8-9H,4,6-7H2,1-2H3. The molecule has 1 heterocycles. The number of aromatic nitrogens is 2. The number of carbonyl (C=O) groups excluding carboxylic acids is 1. The van der Waals surface area contributed by atoms with Gasteiger partial charge in [-0.3, -0.25) is 4.79 Å². The van der Waals surface area contributed by atoms with Gasteiger partial charge in [-0.25, -0.2) is 9.97 Å². The number of esters is 1. The molecule has 1 aromatic rings. The Hall–Kier alpha value is -1.10. The Kier molecular flexibility index (Phi) is 5.85. The molecule has 0 aliphatic carbocycles. The van der Waals surface area contributed by atoms with Crippen LogP contribution >= 0.6 is 11.8 Å². The summed E-state index contributed by atoms with van der Waals surface area (Å²) < 4.78 is 5.02. The fraction of sp³-hybridized carbons (Fsp3) is 0.545. The van der Waals surface area contributed by atoms with Gasteiger partial charge >= 0.3 is 5.97 Å². The van der Waals surface area contributed by atoms with Gasteiger partial charge in [0.1, 0.15) is 6.33 Å². The zero-order valence-corrected chi connectivity index (χ0v) is 10.4. The van der Waals surface area contributed by atoms with Crippen molar-refractivity contribution in [3.05, 3.63) is 24.3 Å². The van der Waals surface area contributed by atoms with Crippen molar-refractivity contribution in [1.82, 2.24) is 9.97 Å². The number of thioether (sulfide) groups is 1. The molecule has 1 rings (SSSR count). The molecule has 0 aliphatic heterocycles. The predicted octanol–water partition coefficient (Wildman–Crippen LogP) is 2.05.